The first kappa shape index (κ1) is 17.4. The molecule has 0 saturated carbocycles. The van der Waals surface area contributed by atoms with Crippen molar-refractivity contribution < 1.29 is 14.3 Å². The molecule has 1 unspecified atom stereocenters. The second-order valence-corrected chi connectivity index (χ2v) is 6.20. The SMILES string of the molecule is CCOCCCCOC(=O)CC(C)CC(C)(C)C. The van der Waals surface area contributed by atoms with Crippen LogP contribution in [0.4, 0.5) is 0 Å². The lowest BCUT2D eigenvalue weighted by molar-refractivity contribution is -0.145. The maximum absolute atomic E-state index is 11.6. The van der Waals surface area contributed by atoms with E-state index in [1.165, 1.54) is 0 Å². The Labute approximate surface area is 112 Å². The Morgan fingerprint density at radius 1 is 1.17 bits per heavy atom. The quantitative estimate of drug-likeness (QED) is 0.466. The molecule has 3 nitrogen and oxygen atoms in total. The van der Waals surface area contributed by atoms with Crippen molar-refractivity contribution in [3.63, 3.8) is 0 Å². The highest BCUT2D eigenvalue weighted by atomic mass is 16.5. The van der Waals surface area contributed by atoms with Crippen LogP contribution in [0.15, 0.2) is 0 Å². The van der Waals surface area contributed by atoms with Crippen molar-refractivity contribution >= 4 is 5.97 Å². The summed E-state index contributed by atoms with van der Waals surface area (Å²) >= 11 is 0. The Kier molecular flexibility index (Phi) is 9.08. The fourth-order valence-electron chi connectivity index (χ4n) is 2.10. The van der Waals surface area contributed by atoms with Gasteiger partial charge in [0.05, 0.1) is 6.61 Å². The lowest BCUT2D eigenvalue weighted by Crippen LogP contribution is -2.16. The predicted octanol–water partition coefficient (Wildman–Crippen LogP) is 3.81. The van der Waals surface area contributed by atoms with Crippen LogP contribution >= 0.6 is 0 Å². The number of rotatable bonds is 9. The molecular formula is C15H30O3. The number of carbonyl (C=O) groups excluding carboxylic acids is 1. The van der Waals surface area contributed by atoms with Gasteiger partial charge in [-0.2, -0.15) is 0 Å². The third-order valence-electron chi connectivity index (χ3n) is 2.63. The summed E-state index contributed by atoms with van der Waals surface area (Å²) < 4.78 is 10.4. The van der Waals surface area contributed by atoms with Crippen molar-refractivity contribution in [2.24, 2.45) is 11.3 Å². The van der Waals surface area contributed by atoms with Crippen molar-refractivity contribution in [2.45, 2.75) is 60.3 Å². The zero-order valence-electron chi connectivity index (χ0n) is 12.8. The molecule has 0 fully saturated rings. The van der Waals surface area contributed by atoms with Crippen LogP contribution in [0.1, 0.15) is 60.3 Å². The zero-order valence-corrected chi connectivity index (χ0v) is 12.8. The fraction of sp³-hybridized carbons (Fsp3) is 0.933. The molecule has 0 aliphatic heterocycles. The van der Waals surface area contributed by atoms with E-state index >= 15 is 0 Å². The highest BCUT2D eigenvalue weighted by Gasteiger charge is 2.18. The zero-order chi connectivity index (χ0) is 14.0. The van der Waals surface area contributed by atoms with E-state index in [-0.39, 0.29) is 11.4 Å². The van der Waals surface area contributed by atoms with Gasteiger partial charge in [-0.15, -0.1) is 0 Å². The van der Waals surface area contributed by atoms with Crippen LogP contribution < -0.4 is 0 Å². The smallest absolute Gasteiger partial charge is 0.306 e. The van der Waals surface area contributed by atoms with E-state index < -0.39 is 0 Å². The monoisotopic (exact) mass is 258 g/mol. The summed E-state index contributed by atoms with van der Waals surface area (Å²) in [5, 5.41) is 0. The predicted molar refractivity (Wildman–Crippen MR) is 74.5 cm³/mol. The standard InChI is InChI=1S/C15H30O3/c1-6-17-9-7-8-10-18-14(16)11-13(2)12-15(3,4)5/h13H,6-12H2,1-5H3. The van der Waals surface area contributed by atoms with Crippen LogP contribution in [0.3, 0.4) is 0 Å². The number of esters is 1. The van der Waals surface area contributed by atoms with E-state index in [0.717, 1.165) is 32.5 Å². The normalized spacial score (nSPS) is 13.4. The van der Waals surface area contributed by atoms with Gasteiger partial charge < -0.3 is 9.47 Å². The molecule has 18 heavy (non-hydrogen) atoms. The van der Waals surface area contributed by atoms with Crippen LogP contribution in [0.5, 0.6) is 0 Å². The average molecular weight is 258 g/mol. The van der Waals surface area contributed by atoms with E-state index in [4.69, 9.17) is 9.47 Å². The van der Waals surface area contributed by atoms with Gasteiger partial charge in [-0.25, -0.2) is 0 Å². The molecule has 0 bridgehead atoms. The van der Waals surface area contributed by atoms with Gasteiger partial charge >= 0.3 is 5.97 Å². The van der Waals surface area contributed by atoms with Gasteiger partial charge in [0, 0.05) is 19.6 Å². The molecule has 0 amide bonds. The summed E-state index contributed by atoms with van der Waals surface area (Å²) in [5.74, 6) is 0.323. The second-order valence-electron chi connectivity index (χ2n) is 6.20. The van der Waals surface area contributed by atoms with E-state index in [2.05, 4.69) is 27.7 Å². The first-order valence-electron chi connectivity index (χ1n) is 7.08. The molecule has 0 aliphatic rings. The van der Waals surface area contributed by atoms with Crippen LogP contribution in [0.2, 0.25) is 0 Å². The molecule has 0 aliphatic carbocycles. The maximum atomic E-state index is 11.6. The van der Waals surface area contributed by atoms with E-state index in [1.54, 1.807) is 0 Å². The second kappa shape index (κ2) is 9.37. The Morgan fingerprint density at radius 2 is 1.78 bits per heavy atom. The minimum absolute atomic E-state index is 0.0665. The average Bonchev–Trinajstić information content (AvgIpc) is 2.20. The summed E-state index contributed by atoms with van der Waals surface area (Å²) in [6.07, 6.45) is 3.42. The summed E-state index contributed by atoms with van der Waals surface area (Å²) in [6.45, 7) is 12.7. The first-order chi connectivity index (χ1) is 8.35. The molecule has 108 valence electrons. The van der Waals surface area contributed by atoms with E-state index in [9.17, 15) is 4.79 Å². The van der Waals surface area contributed by atoms with Gasteiger partial charge in [0.25, 0.3) is 0 Å². The van der Waals surface area contributed by atoms with Crippen molar-refractivity contribution in [2.75, 3.05) is 19.8 Å². The molecule has 0 aromatic heterocycles. The minimum atomic E-state index is -0.0665. The molecule has 0 spiro atoms. The topological polar surface area (TPSA) is 35.5 Å². The van der Waals surface area contributed by atoms with Gasteiger partial charge in [0.2, 0.25) is 0 Å². The van der Waals surface area contributed by atoms with Crippen molar-refractivity contribution in [3.8, 4) is 0 Å². The maximum Gasteiger partial charge on any atom is 0.306 e. The van der Waals surface area contributed by atoms with Gasteiger partial charge in [-0.1, -0.05) is 27.7 Å². The Morgan fingerprint density at radius 3 is 2.33 bits per heavy atom. The Bertz CT molecular complexity index is 218. The molecule has 0 N–H and O–H groups in total. The van der Waals surface area contributed by atoms with Gasteiger partial charge in [-0.3, -0.25) is 4.79 Å². The molecule has 1 atom stereocenters. The lowest BCUT2D eigenvalue weighted by atomic mass is 9.84. The van der Waals surface area contributed by atoms with E-state index in [1.807, 2.05) is 6.92 Å². The largest absolute Gasteiger partial charge is 0.466 e. The molecular weight excluding hydrogens is 228 g/mol. The molecule has 0 radical (unpaired) electrons. The molecule has 3 heteroatoms. The van der Waals surface area contributed by atoms with Crippen LogP contribution in [0.25, 0.3) is 0 Å². The van der Waals surface area contributed by atoms with E-state index in [0.29, 0.717) is 18.9 Å². The fourth-order valence-corrected chi connectivity index (χ4v) is 2.10. The molecule has 0 saturated heterocycles. The highest BCUT2D eigenvalue weighted by molar-refractivity contribution is 5.69. The molecule has 0 rings (SSSR count). The van der Waals surface area contributed by atoms with Crippen molar-refractivity contribution in [3.05, 3.63) is 0 Å². The third-order valence-corrected chi connectivity index (χ3v) is 2.63. The number of hydrogen-bond acceptors (Lipinski definition) is 3. The van der Waals surface area contributed by atoms with Gasteiger partial charge in [0.15, 0.2) is 0 Å². The number of ether oxygens (including phenoxy) is 2. The number of carbonyl (C=O) groups is 1. The van der Waals surface area contributed by atoms with Gasteiger partial charge in [0.1, 0.15) is 0 Å². The summed E-state index contributed by atoms with van der Waals surface area (Å²) in [6, 6.07) is 0. The molecule has 0 aromatic carbocycles. The third kappa shape index (κ3) is 11.9. The first-order valence-corrected chi connectivity index (χ1v) is 7.08. The Balaban J connectivity index is 3.53. The highest BCUT2D eigenvalue weighted by Crippen LogP contribution is 2.26. The summed E-state index contributed by atoms with van der Waals surface area (Å²) in [7, 11) is 0. The lowest BCUT2D eigenvalue weighted by Gasteiger charge is -2.22. The van der Waals surface area contributed by atoms with Crippen molar-refractivity contribution in [1.29, 1.82) is 0 Å². The van der Waals surface area contributed by atoms with Crippen LogP contribution in [0, 0.1) is 11.3 Å². The Hall–Kier alpha value is -0.570. The number of hydrogen-bond donors (Lipinski definition) is 0. The van der Waals surface area contributed by atoms with Crippen LogP contribution in [-0.2, 0) is 14.3 Å². The number of unbranched alkanes of at least 4 members (excludes halogenated alkanes) is 1. The summed E-state index contributed by atoms with van der Waals surface area (Å²) in [4.78, 5) is 11.6. The van der Waals surface area contributed by atoms with Crippen LogP contribution in [-0.4, -0.2) is 25.8 Å². The summed E-state index contributed by atoms with van der Waals surface area (Å²) in [5.41, 5.74) is 0.275. The minimum Gasteiger partial charge on any atom is -0.466 e. The van der Waals surface area contributed by atoms with Gasteiger partial charge in [-0.05, 0) is 37.5 Å². The molecule has 0 heterocycles. The molecule has 0 aromatic rings. The van der Waals surface area contributed by atoms with Crippen molar-refractivity contribution in [1.82, 2.24) is 0 Å².